The number of nitrogens with zero attached hydrogens (tertiary/aromatic N) is 3. The lowest BCUT2D eigenvalue weighted by Crippen LogP contribution is -2.38. The Morgan fingerprint density at radius 2 is 1.92 bits per heavy atom. The molecule has 1 fully saturated rings. The fourth-order valence-electron chi connectivity index (χ4n) is 2.77. The van der Waals surface area contributed by atoms with Gasteiger partial charge in [0.25, 0.3) is 0 Å². The molecule has 3 aromatic rings. The van der Waals surface area contributed by atoms with Gasteiger partial charge in [-0.2, -0.15) is 0 Å². The fraction of sp³-hybridized carbons (Fsp3) is 0.222. The molecule has 0 bridgehead atoms. The lowest BCUT2D eigenvalue weighted by molar-refractivity contribution is 0.0254. The zero-order valence-electron chi connectivity index (χ0n) is 12.9. The number of furan rings is 1. The van der Waals surface area contributed by atoms with E-state index in [1.165, 1.54) is 12.1 Å². The van der Waals surface area contributed by atoms with E-state index in [4.69, 9.17) is 9.15 Å². The molecule has 122 valence electrons. The third-order valence-corrected chi connectivity index (χ3v) is 4.04. The first-order chi connectivity index (χ1) is 11.8. The second-order valence-electron chi connectivity index (χ2n) is 5.60. The van der Waals surface area contributed by atoms with Crippen LogP contribution in [0.4, 0.5) is 10.2 Å². The van der Waals surface area contributed by atoms with Crippen LogP contribution in [0.2, 0.25) is 0 Å². The van der Waals surface area contributed by atoms with Crippen LogP contribution >= 0.6 is 0 Å². The molecule has 0 amide bonds. The Morgan fingerprint density at radius 1 is 1.04 bits per heavy atom. The van der Waals surface area contributed by atoms with E-state index >= 15 is 0 Å². The lowest BCUT2D eigenvalue weighted by atomic mass is 10.1. The molecule has 2 aromatic heterocycles. The van der Waals surface area contributed by atoms with Crippen molar-refractivity contribution in [3.63, 3.8) is 0 Å². The summed E-state index contributed by atoms with van der Waals surface area (Å²) in [7, 11) is 0. The molecule has 0 aliphatic carbocycles. The molecule has 0 saturated carbocycles. The average Bonchev–Trinajstić information content (AvgIpc) is 3.17. The Hall–Kier alpha value is -2.73. The molecule has 1 saturated heterocycles. The molecule has 0 spiro atoms. The van der Waals surface area contributed by atoms with Crippen molar-refractivity contribution in [1.29, 1.82) is 0 Å². The summed E-state index contributed by atoms with van der Waals surface area (Å²) >= 11 is 0. The second kappa shape index (κ2) is 6.41. The first kappa shape index (κ1) is 14.8. The Morgan fingerprint density at radius 3 is 2.62 bits per heavy atom. The first-order valence-electron chi connectivity index (χ1n) is 7.79. The Labute approximate surface area is 138 Å². The second-order valence-corrected chi connectivity index (χ2v) is 5.60. The van der Waals surface area contributed by atoms with E-state index in [0.717, 1.165) is 29.4 Å². The minimum absolute atomic E-state index is 0.104. The number of rotatable bonds is 3. The summed E-state index contributed by atoms with van der Waals surface area (Å²) in [6.45, 7) is 2.02. The van der Waals surface area contributed by atoms with Crippen molar-refractivity contribution in [2.75, 3.05) is 24.6 Å². The molecular formula is C18H16FN3O2. The fourth-order valence-corrected chi connectivity index (χ4v) is 2.77. The Bertz CT molecular complexity index is 788. The monoisotopic (exact) mass is 325 g/mol. The normalized spacial score (nSPS) is 17.9. The zero-order valence-corrected chi connectivity index (χ0v) is 12.9. The topological polar surface area (TPSA) is 51.4 Å². The molecule has 5 nitrogen and oxygen atoms in total. The summed E-state index contributed by atoms with van der Waals surface area (Å²) in [5.74, 6) is 1.34. The zero-order chi connectivity index (χ0) is 16.4. The summed E-state index contributed by atoms with van der Waals surface area (Å²) in [6.07, 6.45) is 1.54. The number of hydrogen-bond acceptors (Lipinski definition) is 5. The predicted molar refractivity (Wildman–Crippen MR) is 87.0 cm³/mol. The van der Waals surface area contributed by atoms with Crippen molar-refractivity contribution >= 4 is 5.82 Å². The van der Waals surface area contributed by atoms with Gasteiger partial charge in [0.2, 0.25) is 0 Å². The van der Waals surface area contributed by atoms with E-state index in [2.05, 4.69) is 15.1 Å². The van der Waals surface area contributed by atoms with Crippen LogP contribution < -0.4 is 4.90 Å². The molecule has 1 aliphatic heterocycles. The van der Waals surface area contributed by atoms with Crippen LogP contribution in [-0.4, -0.2) is 29.9 Å². The number of aromatic nitrogens is 2. The van der Waals surface area contributed by atoms with Crippen molar-refractivity contribution in [3.8, 4) is 11.3 Å². The van der Waals surface area contributed by atoms with Gasteiger partial charge in [0.05, 0.1) is 25.1 Å². The van der Waals surface area contributed by atoms with E-state index in [-0.39, 0.29) is 11.9 Å². The summed E-state index contributed by atoms with van der Waals surface area (Å²) in [4.78, 5) is 2.12. The average molecular weight is 325 g/mol. The molecule has 24 heavy (non-hydrogen) atoms. The quantitative estimate of drug-likeness (QED) is 0.738. The lowest BCUT2D eigenvalue weighted by Gasteiger charge is -2.32. The van der Waals surface area contributed by atoms with Crippen LogP contribution in [0.5, 0.6) is 0 Å². The summed E-state index contributed by atoms with van der Waals surface area (Å²) in [5, 5.41) is 8.58. The smallest absolute Gasteiger partial charge is 0.151 e. The van der Waals surface area contributed by atoms with Crippen molar-refractivity contribution in [2.45, 2.75) is 6.10 Å². The van der Waals surface area contributed by atoms with Crippen LogP contribution in [0.15, 0.2) is 59.2 Å². The van der Waals surface area contributed by atoms with Gasteiger partial charge < -0.3 is 14.1 Å². The van der Waals surface area contributed by atoms with E-state index in [9.17, 15) is 4.39 Å². The Kier molecular flexibility index (Phi) is 3.96. The number of anilines is 1. The van der Waals surface area contributed by atoms with E-state index in [0.29, 0.717) is 13.2 Å². The highest BCUT2D eigenvalue weighted by molar-refractivity contribution is 5.59. The van der Waals surface area contributed by atoms with Gasteiger partial charge in [-0.1, -0.05) is 0 Å². The highest BCUT2D eigenvalue weighted by Gasteiger charge is 2.25. The Balaban J connectivity index is 1.51. The van der Waals surface area contributed by atoms with Crippen molar-refractivity contribution in [1.82, 2.24) is 10.2 Å². The SMILES string of the molecule is Fc1ccc(-c2ccc(N3CCOC(c4ccco4)C3)nn2)cc1. The van der Waals surface area contributed by atoms with Crippen molar-refractivity contribution in [3.05, 3.63) is 66.4 Å². The minimum Gasteiger partial charge on any atom is -0.467 e. The van der Waals surface area contributed by atoms with Crippen LogP contribution in [0, 0.1) is 5.82 Å². The molecule has 0 N–H and O–H groups in total. The molecule has 1 aliphatic rings. The van der Waals surface area contributed by atoms with Crippen LogP contribution in [0.25, 0.3) is 11.3 Å². The predicted octanol–water partition coefficient (Wildman–Crippen LogP) is 3.45. The van der Waals surface area contributed by atoms with Crippen LogP contribution in [-0.2, 0) is 4.74 Å². The van der Waals surface area contributed by atoms with Gasteiger partial charge in [0.15, 0.2) is 5.82 Å². The van der Waals surface area contributed by atoms with Crippen molar-refractivity contribution in [2.24, 2.45) is 0 Å². The van der Waals surface area contributed by atoms with Gasteiger partial charge in [-0.15, -0.1) is 10.2 Å². The van der Waals surface area contributed by atoms with Gasteiger partial charge in [0, 0.05) is 12.1 Å². The third kappa shape index (κ3) is 3.00. The number of ether oxygens (including phenoxy) is 1. The summed E-state index contributed by atoms with van der Waals surface area (Å²) < 4.78 is 24.2. The van der Waals surface area contributed by atoms with Gasteiger partial charge >= 0.3 is 0 Å². The van der Waals surface area contributed by atoms with Gasteiger partial charge in [-0.3, -0.25) is 0 Å². The molecule has 4 rings (SSSR count). The molecule has 3 heterocycles. The third-order valence-electron chi connectivity index (χ3n) is 4.04. The molecule has 0 radical (unpaired) electrons. The largest absolute Gasteiger partial charge is 0.467 e. The standard InChI is InChI=1S/C18H16FN3O2/c19-14-5-3-13(4-6-14)15-7-8-18(21-20-15)22-9-11-24-17(12-22)16-2-1-10-23-16/h1-8,10,17H,9,11-12H2. The maximum absolute atomic E-state index is 13.0. The number of benzene rings is 1. The number of morpholine rings is 1. The van der Waals surface area contributed by atoms with Gasteiger partial charge in [-0.05, 0) is 48.5 Å². The van der Waals surface area contributed by atoms with Crippen molar-refractivity contribution < 1.29 is 13.5 Å². The highest BCUT2D eigenvalue weighted by Crippen LogP contribution is 2.26. The molecule has 1 unspecified atom stereocenters. The van der Waals surface area contributed by atoms with Gasteiger partial charge in [-0.25, -0.2) is 4.39 Å². The maximum Gasteiger partial charge on any atom is 0.151 e. The van der Waals surface area contributed by atoms with Crippen LogP contribution in [0.3, 0.4) is 0 Å². The van der Waals surface area contributed by atoms with Crippen LogP contribution in [0.1, 0.15) is 11.9 Å². The first-order valence-corrected chi connectivity index (χ1v) is 7.79. The number of hydrogen-bond donors (Lipinski definition) is 0. The summed E-state index contributed by atoms with van der Waals surface area (Å²) in [6, 6.07) is 13.8. The molecule has 1 atom stereocenters. The van der Waals surface area contributed by atoms with E-state index in [1.807, 2.05) is 24.3 Å². The van der Waals surface area contributed by atoms with Gasteiger partial charge in [0.1, 0.15) is 17.7 Å². The molecular weight excluding hydrogens is 309 g/mol. The summed E-state index contributed by atoms with van der Waals surface area (Å²) in [5.41, 5.74) is 1.56. The number of halogens is 1. The highest BCUT2D eigenvalue weighted by atomic mass is 19.1. The molecule has 1 aromatic carbocycles. The van der Waals surface area contributed by atoms with E-state index in [1.54, 1.807) is 18.4 Å². The minimum atomic E-state index is -0.263. The molecule has 6 heteroatoms. The maximum atomic E-state index is 13.0. The van der Waals surface area contributed by atoms with E-state index < -0.39 is 0 Å².